The Morgan fingerprint density at radius 2 is 1.26 bits per heavy atom. The molecule has 4 aliphatic heterocycles. The second-order valence-corrected chi connectivity index (χ2v) is 26.4. The zero-order chi connectivity index (χ0) is 71.0. The number of carbonyl (C=O) groups excluding carboxylic acids is 7. The largest absolute Gasteiger partial charge is 0.504 e. The fourth-order valence-electron chi connectivity index (χ4n) is 12.5. The first-order valence-electron chi connectivity index (χ1n) is 33.4. The number of fused-ring (bicyclic) bond motifs is 2. The number of piperazine rings is 1. The first kappa shape index (κ1) is 74.6. The van der Waals surface area contributed by atoms with Gasteiger partial charge in [0.1, 0.15) is 52.0 Å². The predicted octanol–water partition coefficient (Wildman–Crippen LogP) is -1.27. The second-order valence-electron chi connectivity index (χ2n) is 25.4. The van der Waals surface area contributed by atoms with Gasteiger partial charge in [0.25, 0.3) is 5.91 Å². The fourth-order valence-corrected chi connectivity index (χ4v) is 13.3. The first-order valence-corrected chi connectivity index (χ1v) is 34.2. The number of amides is 7. The van der Waals surface area contributed by atoms with Crippen LogP contribution in [0.1, 0.15) is 68.3 Å². The van der Waals surface area contributed by atoms with Crippen LogP contribution in [-0.4, -0.2) is 256 Å². The molecular formula is C68H91N13O17S. The van der Waals surface area contributed by atoms with E-state index in [0.717, 1.165) is 78.4 Å². The molecule has 0 spiro atoms. The van der Waals surface area contributed by atoms with E-state index in [1.165, 1.54) is 48.6 Å². The Labute approximate surface area is 577 Å². The number of aliphatic hydroxyl groups is 6. The number of β-amino-alcohol motifs (C(OH)–C–C–N with tert-alkyl or cyclic N) is 1. The van der Waals surface area contributed by atoms with Gasteiger partial charge in [0.2, 0.25) is 35.4 Å². The lowest BCUT2D eigenvalue weighted by Crippen LogP contribution is -2.64. The van der Waals surface area contributed by atoms with Crippen molar-refractivity contribution in [3.8, 4) is 38.4 Å². The minimum absolute atomic E-state index is 0.00249. The molecule has 16 N–H and O–H groups in total. The maximum atomic E-state index is 14.8. The molecule has 4 aliphatic rings. The Morgan fingerprint density at radius 1 is 0.667 bits per heavy atom. The summed E-state index contributed by atoms with van der Waals surface area (Å²) >= 11 is 1.33. The summed E-state index contributed by atoms with van der Waals surface area (Å²) in [6.07, 6.45) is -9.58. The first-order chi connectivity index (χ1) is 47.5. The molecule has 0 unspecified atom stereocenters. The summed E-state index contributed by atoms with van der Waals surface area (Å²) in [7, 11) is 1.69. The van der Waals surface area contributed by atoms with Crippen molar-refractivity contribution in [3.05, 3.63) is 102 Å². The highest BCUT2D eigenvalue weighted by molar-refractivity contribution is 7.17. The summed E-state index contributed by atoms with van der Waals surface area (Å²) in [5.74, 6) is -7.76. The van der Waals surface area contributed by atoms with E-state index in [1.807, 2.05) is 24.3 Å². The zero-order valence-electron chi connectivity index (χ0n) is 55.6. The summed E-state index contributed by atoms with van der Waals surface area (Å²) in [5, 5.41) is 102. The molecule has 30 nitrogen and oxygen atoms in total. The zero-order valence-corrected chi connectivity index (χ0v) is 56.4. The smallest absolute Gasteiger partial charge is 0.251 e. The number of nitrogens with zero attached hydrogens (tertiary/aromatic N) is 6. The highest BCUT2D eigenvalue weighted by Gasteiger charge is 2.50. The van der Waals surface area contributed by atoms with E-state index in [9.17, 15) is 69.3 Å². The third kappa shape index (κ3) is 19.0. The number of phenolic OH excluding ortho intramolecular Hbond substituents is 1. The Morgan fingerprint density at radius 3 is 1.89 bits per heavy atom. The van der Waals surface area contributed by atoms with Crippen molar-refractivity contribution < 1.29 is 83.5 Å². The third-order valence-electron chi connectivity index (χ3n) is 18.1. The molecule has 7 amide bonds. The lowest BCUT2D eigenvalue weighted by molar-refractivity contribution is -0.147. The summed E-state index contributed by atoms with van der Waals surface area (Å²) in [5.41, 5.74) is 15.4. The molecule has 4 fully saturated rings. The molecule has 13 atom stereocenters. The van der Waals surface area contributed by atoms with Crippen molar-refractivity contribution in [2.45, 2.75) is 132 Å². The number of unbranched alkanes of at least 4 members (excludes halogenated alkanes) is 1. The number of ether oxygens (including phenoxy) is 3. The average Bonchev–Trinajstić information content (AvgIpc) is 1.76. The third-order valence-corrected chi connectivity index (χ3v) is 19.1. The van der Waals surface area contributed by atoms with Crippen molar-refractivity contribution in [3.63, 3.8) is 0 Å². The van der Waals surface area contributed by atoms with Crippen LogP contribution in [0.2, 0.25) is 0 Å². The van der Waals surface area contributed by atoms with Crippen LogP contribution >= 0.6 is 11.3 Å². The summed E-state index contributed by atoms with van der Waals surface area (Å²) in [6, 6.07) is 15.6. The molecule has 536 valence electrons. The van der Waals surface area contributed by atoms with Crippen LogP contribution in [0, 0.1) is 5.92 Å². The van der Waals surface area contributed by atoms with Crippen LogP contribution < -0.4 is 57.3 Å². The van der Waals surface area contributed by atoms with Gasteiger partial charge in [-0.3, -0.25) is 33.6 Å². The van der Waals surface area contributed by atoms with Gasteiger partial charge in [0.05, 0.1) is 49.8 Å². The highest BCUT2D eigenvalue weighted by Crippen LogP contribution is 2.34. The van der Waals surface area contributed by atoms with Gasteiger partial charge in [-0.15, -0.1) is 10.2 Å². The van der Waals surface area contributed by atoms with Gasteiger partial charge in [-0.05, 0) is 124 Å². The van der Waals surface area contributed by atoms with Crippen LogP contribution in [0.4, 0.5) is 11.4 Å². The van der Waals surface area contributed by atoms with E-state index in [4.69, 9.17) is 25.7 Å². The Kier molecular flexibility index (Phi) is 26.3. The number of rotatable bonds is 23. The van der Waals surface area contributed by atoms with E-state index in [2.05, 4.69) is 70.8 Å². The van der Waals surface area contributed by atoms with E-state index >= 15 is 0 Å². The van der Waals surface area contributed by atoms with Gasteiger partial charge in [-0.1, -0.05) is 36.5 Å². The maximum Gasteiger partial charge on any atom is 0.251 e. The number of nitrogens with one attached hydrogen (secondary N) is 5. The molecular weight excluding hydrogens is 1300 g/mol. The van der Waals surface area contributed by atoms with Gasteiger partial charge in [0, 0.05) is 113 Å². The van der Waals surface area contributed by atoms with Crippen molar-refractivity contribution in [2.24, 2.45) is 17.4 Å². The molecule has 99 heavy (non-hydrogen) atoms. The molecule has 0 aliphatic carbocycles. The summed E-state index contributed by atoms with van der Waals surface area (Å²) < 4.78 is 16.7. The van der Waals surface area contributed by atoms with Crippen molar-refractivity contribution >= 4 is 64.1 Å². The molecule has 0 bridgehead atoms. The lowest BCUT2D eigenvalue weighted by Gasteiger charge is -2.37. The summed E-state index contributed by atoms with van der Waals surface area (Å²) in [4.78, 5) is 108. The monoisotopic (exact) mass is 1390 g/mol. The second kappa shape index (κ2) is 34.9. The topological polar surface area (TPSA) is 440 Å². The fraction of sp³-hybridized carbons (Fsp3) is 0.515. The number of benzene rings is 4. The van der Waals surface area contributed by atoms with Crippen LogP contribution in [-0.2, 0) is 39.9 Å². The molecule has 9 rings (SSSR count). The molecule has 0 radical (unpaired) electrons. The number of phenols is 1. The lowest BCUT2D eigenvalue weighted by atomic mass is 9.98. The van der Waals surface area contributed by atoms with E-state index in [1.54, 1.807) is 19.2 Å². The molecule has 4 saturated heterocycles. The Bertz CT molecular complexity index is 3550. The number of methoxy groups -OCH3 is 1. The van der Waals surface area contributed by atoms with Crippen LogP contribution in [0.5, 0.6) is 17.2 Å². The minimum atomic E-state index is -2.04. The summed E-state index contributed by atoms with van der Waals surface area (Å²) in [6.45, 7) is 6.07. The molecule has 0 saturated carbocycles. The molecule has 4 aromatic carbocycles. The van der Waals surface area contributed by atoms with Crippen molar-refractivity contribution in [1.29, 1.82) is 0 Å². The van der Waals surface area contributed by atoms with Gasteiger partial charge >= 0.3 is 0 Å². The quantitative estimate of drug-likeness (QED) is 0.0339. The van der Waals surface area contributed by atoms with Crippen molar-refractivity contribution in [1.82, 2.24) is 46.6 Å². The molecule has 5 heterocycles. The van der Waals surface area contributed by atoms with Crippen molar-refractivity contribution in [2.75, 3.05) is 95.6 Å². The normalized spacial score (nSPS) is 24.7. The van der Waals surface area contributed by atoms with Crippen LogP contribution in [0.15, 0.2) is 91.0 Å². The van der Waals surface area contributed by atoms with Gasteiger partial charge in [-0.25, -0.2) is 0 Å². The number of anilines is 2. The number of nitrogens with two attached hydrogens (primary N) is 2. The SMILES string of the molecule is COCCCCOc1ccc(N2CCN(c3ccc(-c4nnc(-c5ccc(C(=O)N[C@H]6C[C@@H](O)CNC(=O)[C@@H]7[C@@H](O)[C@@H](C)CN7C(=O)[C@H]([C@H](O)CCN)NC(=O)[C@H]([C@H](O)Cc7ccc(O)c(OCCCN)c7)NC(=O)[C@@H]7C[C@@H](O)CN7C(=O)[C@H]([C@@H](C)O)NC6=O)cc5)s4)cc3)CC2)cc1. The van der Waals surface area contributed by atoms with E-state index in [0.29, 0.717) is 35.2 Å². The minimum Gasteiger partial charge on any atom is -0.504 e. The average molecular weight is 1390 g/mol. The molecule has 31 heteroatoms. The maximum absolute atomic E-state index is 14.8. The number of carbonyl (C=O) groups is 7. The highest BCUT2D eigenvalue weighted by atomic mass is 32.1. The standard InChI is InChI=1S/C68H91N13O17S/c1-38-36-81-58(59(38)88)64(93)71-35-46(83)33-49(72-60(89)41-8-10-42(11-9-41)65-76-77-66(99-65)43-12-14-44(15-13-43)78-24-26-79(27-25-78)45-16-18-48(19-17-45)97-29-5-4-28-96-3)61(90)73-55(39(2)82)67(94)80-37-47(84)34-50(80)62(91)74-56(63(92)75-57(68(81)95)52(86)21-23-70)53(87)31-40-7-20-51(85)54(32-40)98-30-6-22-69/h7-20,32,38-39,46-47,49-50,52-53,55-59,82-88H,4-6,21-31,33-37,69-70H2,1-3H3,(H,71,93)(H,72,89)(H,73,90)(H,74,91)(H,75,92)/t38-,39+,46+,47+,49-,50-,52+,53+,55-,56-,57-,58-,59-/m0/s1. The van der Waals surface area contributed by atoms with Crippen LogP contribution in [0.3, 0.4) is 0 Å². The molecule has 1 aromatic heterocycles. The van der Waals surface area contributed by atoms with E-state index in [-0.39, 0.29) is 55.3 Å². The molecule has 5 aromatic rings. The van der Waals surface area contributed by atoms with E-state index < -0.39 is 152 Å². The van der Waals surface area contributed by atoms with Gasteiger partial charge in [-0.2, -0.15) is 0 Å². The Balaban J connectivity index is 0.916. The predicted molar refractivity (Wildman–Crippen MR) is 364 cm³/mol. The number of aliphatic hydroxyl groups excluding tert-OH is 6. The number of hydrogen-bond donors (Lipinski definition) is 14. The number of hydrogen-bond acceptors (Lipinski definition) is 24. The number of aromatic nitrogens is 2. The Hall–Kier alpha value is -8.63. The van der Waals surface area contributed by atoms with Gasteiger partial charge in [0.15, 0.2) is 11.5 Å². The van der Waals surface area contributed by atoms with Crippen LogP contribution in [0.25, 0.3) is 21.1 Å². The number of aromatic hydroxyl groups is 1. The van der Waals surface area contributed by atoms with Gasteiger partial charge < -0.3 is 108 Å².